The summed E-state index contributed by atoms with van der Waals surface area (Å²) < 4.78 is 5.40. The van der Waals surface area contributed by atoms with Crippen LogP contribution in [0.2, 0.25) is 0 Å². The van der Waals surface area contributed by atoms with Gasteiger partial charge in [0.15, 0.2) is 5.82 Å². The molecule has 0 N–H and O–H groups in total. The van der Waals surface area contributed by atoms with Crippen LogP contribution >= 0.6 is 27.7 Å². The summed E-state index contributed by atoms with van der Waals surface area (Å²) in [6, 6.07) is 0. The SMILES string of the molecule is CCC(Br)c1nc(CSC(C)(C)C)no1. The van der Waals surface area contributed by atoms with Crippen LogP contribution in [0.25, 0.3) is 0 Å². The second kappa shape index (κ2) is 5.34. The van der Waals surface area contributed by atoms with Crippen LogP contribution in [0.15, 0.2) is 4.52 Å². The van der Waals surface area contributed by atoms with Gasteiger partial charge in [0, 0.05) is 4.75 Å². The molecule has 0 radical (unpaired) electrons. The lowest BCUT2D eigenvalue weighted by Gasteiger charge is -2.15. The number of nitrogens with zero attached hydrogens (tertiary/aromatic N) is 2. The Bertz CT molecular complexity index is 309. The maximum atomic E-state index is 5.16. The Morgan fingerprint density at radius 2 is 2.13 bits per heavy atom. The summed E-state index contributed by atoms with van der Waals surface area (Å²) in [5.41, 5.74) is 0. The summed E-state index contributed by atoms with van der Waals surface area (Å²) >= 11 is 5.30. The van der Waals surface area contributed by atoms with E-state index in [1.54, 1.807) is 0 Å². The van der Waals surface area contributed by atoms with Gasteiger partial charge in [-0.25, -0.2) is 0 Å². The van der Waals surface area contributed by atoms with Crippen LogP contribution in [0.4, 0.5) is 0 Å². The molecule has 0 aliphatic rings. The highest BCUT2D eigenvalue weighted by molar-refractivity contribution is 9.09. The molecule has 5 heteroatoms. The molecule has 0 saturated carbocycles. The van der Waals surface area contributed by atoms with E-state index in [0.717, 1.165) is 18.0 Å². The minimum atomic E-state index is 0.179. The van der Waals surface area contributed by atoms with E-state index in [1.165, 1.54) is 0 Å². The topological polar surface area (TPSA) is 38.9 Å². The largest absolute Gasteiger partial charge is 0.338 e. The zero-order valence-electron chi connectivity index (χ0n) is 9.58. The molecule has 0 bridgehead atoms. The van der Waals surface area contributed by atoms with Crippen molar-refractivity contribution in [2.75, 3.05) is 0 Å². The van der Waals surface area contributed by atoms with Crippen LogP contribution < -0.4 is 0 Å². The molecule has 1 aromatic rings. The van der Waals surface area contributed by atoms with Crippen molar-refractivity contribution in [3.8, 4) is 0 Å². The van der Waals surface area contributed by atoms with Gasteiger partial charge in [0.1, 0.15) is 0 Å². The molecule has 0 aromatic carbocycles. The van der Waals surface area contributed by atoms with Gasteiger partial charge in [-0.2, -0.15) is 4.98 Å². The lowest BCUT2D eigenvalue weighted by Crippen LogP contribution is -2.07. The average Bonchev–Trinajstić information content (AvgIpc) is 2.61. The second-order valence-corrected chi connectivity index (χ2v) is 7.23. The first-order valence-corrected chi connectivity index (χ1v) is 6.93. The molecule has 0 fully saturated rings. The Labute approximate surface area is 104 Å². The standard InChI is InChI=1S/C10H17BrN2OS/c1-5-7(11)9-12-8(13-14-9)6-15-10(2,3)4/h7H,5-6H2,1-4H3. The molecule has 3 nitrogen and oxygen atoms in total. The van der Waals surface area contributed by atoms with E-state index < -0.39 is 0 Å². The van der Waals surface area contributed by atoms with E-state index >= 15 is 0 Å². The number of rotatable bonds is 4. The quantitative estimate of drug-likeness (QED) is 0.788. The van der Waals surface area contributed by atoms with Crippen LogP contribution in [0.5, 0.6) is 0 Å². The van der Waals surface area contributed by atoms with Gasteiger partial charge in [-0.3, -0.25) is 0 Å². The summed E-state index contributed by atoms with van der Waals surface area (Å²) in [6.07, 6.45) is 0.952. The molecule has 0 spiro atoms. The molecular weight excluding hydrogens is 276 g/mol. The number of aromatic nitrogens is 2. The number of hydrogen-bond donors (Lipinski definition) is 0. The highest BCUT2D eigenvalue weighted by atomic mass is 79.9. The Morgan fingerprint density at radius 3 is 2.67 bits per heavy atom. The third-order valence-electron chi connectivity index (χ3n) is 1.74. The van der Waals surface area contributed by atoms with Gasteiger partial charge in [0.05, 0.1) is 10.6 Å². The molecule has 86 valence electrons. The predicted octanol–water partition coefficient (Wildman–Crippen LogP) is 3.95. The lowest BCUT2D eigenvalue weighted by atomic mass is 10.3. The van der Waals surface area contributed by atoms with Crippen molar-refractivity contribution in [2.24, 2.45) is 0 Å². The van der Waals surface area contributed by atoms with Crippen LogP contribution in [-0.4, -0.2) is 14.9 Å². The maximum absolute atomic E-state index is 5.16. The summed E-state index contributed by atoms with van der Waals surface area (Å²) in [5, 5.41) is 3.95. The first-order chi connectivity index (χ1) is 6.92. The fourth-order valence-electron chi connectivity index (χ4n) is 0.909. The van der Waals surface area contributed by atoms with E-state index in [-0.39, 0.29) is 9.57 Å². The van der Waals surface area contributed by atoms with Crippen molar-refractivity contribution in [1.29, 1.82) is 0 Å². The monoisotopic (exact) mass is 292 g/mol. The molecule has 1 unspecified atom stereocenters. The van der Waals surface area contributed by atoms with E-state index in [0.29, 0.717) is 5.89 Å². The molecule has 1 heterocycles. The van der Waals surface area contributed by atoms with Gasteiger partial charge in [-0.1, -0.05) is 48.8 Å². The van der Waals surface area contributed by atoms with Crippen LogP contribution in [-0.2, 0) is 5.75 Å². The highest BCUT2D eigenvalue weighted by Gasteiger charge is 2.16. The number of halogens is 1. The third kappa shape index (κ3) is 4.55. The first kappa shape index (κ1) is 13.0. The minimum Gasteiger partial charge on any atom is -0.338 e. The molecular formula is C10H17BrN2OS. The van der Waals surface area contributed by atoms with Gasteiger partial charge in [-0.15, -0.1) is 11.8 Å². The third-order valence-corrected chi connectivity index (χ3v) is 4.05. The number of hydrogen-bond acceptors (Lipinski definition) is 4. The maximum Gasteiger partial charge on any atom is 0.240 e. The van der Waals surface area contributed by atoms with Crippen LogP contribution in [0, 0.1) is 0 Å². The van der Waals surface area contributed by atoms with Gasteiger partial charge in [0.2, 0.25) is 5.89 Å². The molecule has 1 rings (SSSR count). The molecule has 1 aromatic heterocycles. The van der Waals surface area contributed by atoms with E-state index in [1.807, 2.05) is 11.8 Å². The Morgan fingerprint density at radius 1 is 1.47 bits per heavy atom. The molecule has 0 aliphatic carbocycles. The van der Waals surface area contributed by atoms with Crippen molar-refractivity contribution in [1.82, 2.24) is 10.1 Å². The Kier molecular flexibility index (Phi) is 4.64. The van der Waals surface area contributed by atoms with E-state index in [4.69, 9.17) is 4.52 Å². The Balaban J connectivity index is 2.53. The van der Waals surface area contributed by atoms with Gasteiger partial charge in [0.25, 0.3) is 0 Å². The minimum absolute atomic E-state index is 0.179. The average molecular weight is 293 g/mol. The summed E-state index contributed by atoms with van der Waals surface area (Å²) in [7, 11) is 0. The van der Waals surface area contributed by atoms with Crippen LogP contribution in [0.1, 0.15) is 50.7 Å². The Hall–Kier alpha value is -0.0300. The highest BCUT2D eigenvalue weighted by Crippen LogP contribution is 2.28. The lowest BCUT2D eigenvalue weighted by molar-refractivity contribution is 0.372. The summed E-state index contributed by atoms with van der Waals surface area (Å²) in [4.78, 5) is 4.52. The number of alkyl halides is 1. The zero-order valence-corrected chi connectivity index (χ0v) is 12.0. The zero-order chi connectivity index (χ0) is 11.5. The summed E-state index contributed by atoms with van der Waals surface area (Å²) in [6.45, 7) is 8.61. The fraction of sp³-hybridized carbons (Fsp3) is 0.800. The summed E-state index contributed by atoms with van der Waals surface area (Å²) in [5.74, 6) is 2.26. The molecule has 0 saturated heterocycles. The van der Waals surface area contributed by atoms with E-state index in [9.17, 15) is 0 Å². The van der Waals surface area contributed by atoms with E-state index in [2.05, 4.69) is 53.8 Å². The second-order valence-electron chi connectivity index (χ2n) is 4.33. The smallest absolute Gasteiger partial charge is 0.240 e. The fourth-order valence-corrected chi connectivity index (χ4v) is 1.77. The van der Waals surface area contributed by atoms with Crippen LogP contribution in [0.3, 0.4) is 0 Å². The molecule has 15 heavy (non-hydrogen) atoms. The number of thioether (sulfide) groups is 1. The van der Waals surface area contributed by atoms with Crippen molar-refractivity contribution in [2.45, 2.75) is 49.4 Å². The first-order valence-electron chi connectivity index (χ1n) is 5.03. The van der Waals surface area contributed by atoms with Crippen molar-refractivity contribution in [3.63, 3.8) is 0 Å². The molecule has 1 atom stereocenters. The van der Waals surface area contributed by atoms with Gasteiger partial charge >= 0.3 is 0 Å². The van der Waals surface area contributed by atoms with Gasteiger partial charge < -0.3 is 4.52 Å². The van der Waals surface area contributed by atoms with Crippen molar-refractivity contribution >= 4 is 27.7 Å². The molecule has 0 aliphatic heterocycles. The van der Waals surface area contributed by atoms with Crippen molar-refractivity contribution < 1.29 is 4.52 Å². The van der Waals surface area contributed by atoms with Crippen molar-refractivity contribution in [3.05, 3.63) is 11.7 Å². The molecule has 0 amide bonds. The van der Waals surface area contributed by atoms with Gasteiger partial charge in [-0.05, 0) is 6.42 Å². The predicted molar refractivity (Wildman–Crippen MR) is 67.3 cm³/mol. The normalized spacial score (nSPS) is 14.2.